The number of carboxylic acid groups (broad SMARTS) is 1. The molecule has 2 aromatic carbocycles. The highest BCUT2D eigenvalue weighted by atomic mass is 35.5. The van der Waals surface area contributed by atoms with Gasteiger partial charge in [-0.1, -0.05) is 41.0 Å². The number of ether oxygens (including phenoxy) is 1. The Labute approximate surface area is 150 Å². The minimum Gasteiger partial charge on any atom is -0.481 e. The average molecular weight is 386 g/mol. The molecular formula is C16H11ClF3N3O3. The van der Waals surface area contributed by atoms with Crippen LogP contribution in [0.25, 0.3) is 10.4 Å². The summed E-state index contributed by atoms with van der Waals surface area (Å²) in [5.74, 6) is -2.98. The lowest BCUT2D eigenvalue weighted by atomic mass is 9.85. The maximum atomic E-state index is 12.5. The summed E-state index contributed by atoms with van der Waals surface area (Å²) >= 11 is 5.82. The fraction of sp³-hybridized carbons (Fsp3) is 0.188. The van der Waals surface area contributed by atoms with Gasteiger partial charge in [0.1, 0.15) is 11.8 Å². The van der Waals surface area contributed by atoms with Crippen molar-refractivity contribution in [3.63, 3.8) is 0 Å². The lowest BCUT2D eigenvalue weighted by molar-refractivity contribution is -0.274. The summed E-state index contributed by atoms with van der Waals surface area (Å²) in [4.78, 5) is 14.1. The molecule has 0 unspecified atom stereocenters. The third-order valence-electron chi connectivity index (χ3n) is 3.42. The zero-order chi connectivity index (χ0) is 19.3. The number of carbonyl (C=O) groups is 1. The second kappa shape index (κ2) is 7.99. The van der Waals surface area contributed by atoms with E-state index >= 15 is 0 Å². The SMILES string of the molecule is [N-]=[N+]=N[C@H](C(=O)O)[C@@H](c1ccc(Cl)cc1)c1cccc(OC(F)(F)F)c1. The zero-order valence-corrected chi connectivity index (χ0v) is 13.6. The highest BCUT2D eigenvalue weighted by molar-refractivity contribution is 6.30. The van der Waals surface area contributed by atoms with Gasteiger partial charge in [0.2, 0.25) is 0 Å². The number of hydrogen-bond acceptors (Lipinski definition) is 3. The Kier molecular flexibility index (Phi) is 5.97. The molecule has 26 heavy (non-hydrogen) atoms. The molecule has 0 aromatic heterocycles. The lowest BCUT2D eigenvalue weighted by Gasteiger charge is -2.22. The first-order valence-electron chi connectivity index (χ1n) is 7.09. The van der Waals surface area contributed by atoms with Gasteiger partial charge < -0.3 is 9.84 Å². The number of azide groups is 1. The lowest BCUT2D eigenvalue weighted by Crippen LogP contribution is -2.27. The van der Waals surface area contributed by atoms with Gasteiger partial charge in [0, 0.05) is 15.9 Å². The molecule has 0 bridgehead atoms. The number of rotatable bonds is 6. The minimum atomic E-state index is -4.90. The molecule has 2 atom stereocenters. The molecule has 1 N–H and O–H groups in total. The summed E-state index contributed by atoms with van der Waals surface area (Å²) in [5.41, 5.74) is 9.26. The predicted molar refractivity (Wildman–Crippen MR) is 87.0 cm³/mol. The van der Waals surface area contributed by atoms with Crippen molar-refractivity contribution in [3.8, 4) is 5.75 Å². The second-order valence-corrected chi connectivity index (χ2v) is 5.57. The smallest absolute Gasteiger partial charge is 0.481 e. The Morgan fingerprint density at radius 1 is 1.19 bits per heavy atom. The maximum absolute atomic E-state index is 12.5. The normalized spacial score (nSPS) is 13.4. The van der Waals surface area contributed by atoms with E-state index in [-0.39, 0.29) is 5.56 Å². The third-order valence-corrected chi connectivity index (χ3v) is 3.68. The van der Waals surface area contributed by atoms with E-state index < -0.39 is 30.0 Å². The summed E-state index contributed by atoms with van der Waals surface area (Å²) in [6.07, 6.45) is -4.90. The maximum Gasteiger partial charge on any atom is 0.573 e. The van der Waals surface area contributed by atoms with Crippen molar-refractivity contribution in [1.29, 1.82) is 0 Å². The Hall–Kier alpha value is -2.90. The Morgan fingerprint density at radius 2 is 1.85 bits per heavy atom. The van der Waals surface area contributed by atoms with E-state index in [1.165, 1.54) is 36.4 Å². The van der Waals surface area contributed by atoms with Crippen LogP contribution >= 0.6 is 11.6 Å². The van der Waals surface area contributed by atoms with Crippen molar-refractivity contribution in [2.24, 2.45) is 5.11 Å². The molecule has 0 radical (unpaired) electrons. The molecule has 136 valence electrons. The Balaban J connectivity index is 2.56. The molecule has 6 nitrogen and oxygen atoms in total. The van der Waals surface area contributed by atoms with Crippen LogP contribution in [0.1, 0.15) is 17.0 Å². The summed E-state index contributed by atoms with van der Waals surface area (Å²) in [6.45, 7) is 0. The highest BCUT2D eigenvalue weighted by Crippen LogP contribution is 2.34. The Bertz CT molecular complexity index is 835. The van der Waals surface area contributed by atoms with Crippen LogP contribution in [-0.4, -0.2) is 23.5 Å². The fourth-order valence-electron chi connectivity index (χ4n) is 2.45. The van der Waals surface area contributed by atoms with Gasteiger partial charge in [0.25, 0.3) is 0 Å². The zero-order valence-electron chi connectivity index (χ0n) is 12.9. The molecule has 0 aliphatic carbocycles. The van der Waals surface area contributed by atoms with Crippen molar-refractivity contribution >= 4 is 17.6 Å². The standard InChI is InChI=1S/C16H11ClF3N3O3/c17-11-6-4-9(5-7-11)13(14(15(24)25)22-23-21)10-2-1-3-12(8-10)26-16(18,19)20/h1-8,13-14H,(H,24,25)/t13-,14-/m0/s1. The number of halogens is 4. The number of benzene rings is 2. The summed E-state index contributed by atoms with van der Waals surface area (Å²) in [7, 11) is 0. The van der Waals surface area contributed by atoms with Crippen LogP contribution in [0.5, 0.6) is 5.75 Å². The topological polar surface area (TPSA) is 95.3 Å². The van der Waals surface area contributed by atoms with Crippen LogP contribution in [0.3, 0.4) is 0 Å². The van der Waals surface area contributed by atoms with E-state index in [0.717, 1.165) is 12.1 Å². The quantitative estimate of drug-likeness (QED) is 0.424. The monoisotopic (exact) mass is 385 g/mol. The molecule has 0 fully saturated rings. The van der Waals surface area contributed by atoms with E-state index in [0.29, 0.717) is 10.6 Å². The minimum absolute atomic E-state index is 0.175. The van der Waals surface area contributed by atoms with Crippen molar-refractivity contribution in [3.05, 3.63) is 75.1 Å². The molecule has 2 aromatic rings. The molecule has 0 amide bonds. The van der Waals surface area contributed by atoms with Crippen molar-refractivity contribution in [2.75, 3.05) is 0 Å². The number of alkyl halides is 3. The van der Waals surface area contributed by atoms with Crippen molar-refractivity contribution in [2.45, 2.75) is 18.3 Å². The first-order chi connectivity index (χ1) is 12.2. The summed E-state index contributed by atoms with van der Waals surface area (Å²) < 4.78 is 41.2. The van der Waals surface area contributed by atoms with Crippen LogP contribution in [0.15, 0.2) is 53.6 Å². The van der Waals surface area contributed by atoms with Gasteiger partial charge in [0.05, 0.1) is 0 Å². The van der Waals surface area contributed by atoms with Gasteiger partial charge in [-0.3, -0.25) is 4.79 Å². The van der Waals surface area contributed by atoms with E-state index in [1.54, 1.807) is 0 Å². The molecule has 0 saturated heterocycles. The van der Waals surface area contributed by atoms with E-state index in [4.69, 9.17) is 17.1 Å². The molecule has 2 rings (SSSR count). The molecule has 10 heteroatoms. The number of nitrogens with zero attached hydrogens (tertiary/aromatic N) is 3. The predicted octanol–water partition coefficient (Wildman–Crippen LogP) is 5.13. The fourth-order valence-corrected chi connectivity index (χ4v) is 2.57. The van der Waals surface area contributed by atoms with E-state index in [9.17, 15) is 23.1 Å². The summed E-state index contributed by atoms with van der Waals surface area (Å²) in [6, 6.07) is 9.26. The number of aliphatic carboxylic acids is 1. The van der Waals surface area contributed by atoms with Crippen LogP contribution in [-0.2, 0) is 4.79 Å². The van der Waals surface area contributed by atoms with E-state index in [1.807, 2.05) is 0 Å². The van der Waals surface area contributed by atoms with Crippen LogP contribution in [0.4, 0.5) is 13.2 Å². The van der Waals surface area contributed by atoms with Gasteiger partial charge in [-0.05, 0) is 40.9 Å². The van der Waals surface area contributed by atoms with Crippen LogP contribution in [0, 0.1) is 0 Å². The molecule has 0 aliphatic heterocycles. The molecular weight excluding hydrogens is 375 g/mol. The summed E-state index contributed by atoms with van der Waals surface area (Å²) in [5, 5.41) is 13.1. The Morgan fingerprint density at radius 3 is 2.38 bits per heavy atom. The number of hydrogen-bond donors (Lipinski definition) is 1. The first kappa shape index (κ1) is 19.4. The highest BCUT2D eigenvalue weighted by Gasteiger charge is 2.33. The van der Waals surface area contributed by atoms with Gasteiger partial charge in [-0.2, -0.15) is 0 Å². The molecule has 0 heterocycles. The third kappa shape index (κ3) is 5.05. The molecule has 0 spiro atoms. The van der Waals surface area contributed by atoms with Crippen molar-refractivity contribution in [1.82, 2.24) is 0 Å². The van der Waals surface area contributed by atoms with Crippen LogP contribution in [0.2, 0.25) is 5.02 Å². The van der Waals surface area contributed by atoms with Gasteiger partial charge in [-0.25, -0.2) is 0 Å². The molecule has 0 saturated carbocycles. The van der Waals surface area contributed by atoms with Crippen LogP contribution < -0.4 is 4.74 Å². The van der Waals surface area contributed by atoms with E-state index in [2.05, 4.69) is 14.8 Å². The van der Waals surface area contributed by atoms with Gasteiger partial charge in [-0.15, -0.1) is 13.2 Å². The van der Waals surface area contributed by atoms with Crippen molar-refractivity contribution < 1.29 is 27.8 Å². The molecule has 0 aliphatic rings. The largest absolute Gasteiger partial charge is 0.573 e. The number of carboxylic acids is 1. The first-order valence-corrected chi connectivity index (χ1v) is 7.47. The average Bonchev–Trinajstić information content (AvgIpc) is 2.54. The van der Waals surface area contributed by atoms with Gasteiger partial charge in [0.15, 0.2) is 0 Å². The van der Waals surface area contributed by atoms with Gasteiger partial charge >= 0.3 is 12.3 Å². The second-order valence-electron chi connectivity index (χ2n) is 5.14.